The molecule has 0 fully saturated rings. The minimum atomic E-state index is -1.83. The van der Waals surface area contributed by atoms with Gasteiger partial charge in [-0.05, 0) is 50.5 Å². The van der Waals surface area contributed by atoms with Crippen molar-refractivity contribution in [2.45, 2.75) is 69.8 Å². The Morgan fingerprint density at radius 2 is 1.87 bits per heavy atom. The molecular weight excluding hydrogens is 366 g/mol. The van der Waals surface area contributed by atoms with E-state index >= 15 is 0 Å². The van der Waals surface area contributed by atoms with Crippen molar-refractivity contribution in [2.75, 3.05) is 6.61 Å². The van der Waals surface area contributed by atoms with Crippen LogP contribution in [0.5, 0.6) is 0 Å². The highest BCUT2D eigenvalue weighted by Crippen LogP contribution is 2.40. The van der Waals surface area contributed by atoms with Crippen LogP contribution in [0.25, 0.3) is 0 Å². The number of thiophene rings is 1. The molecule has 134 valence electrons. The quantitative estimate of drug-likeness (QED) is 0.637. The van der Waals surface area contributed by atoms with Crippen LogP contribution in [0.2, 0.25) is 22.5 Å². The molecule has 0 radical (unpaired) electrons. The zero-order valence-corrected chi connectivity index (χ0v) is 18.6. The molecule has 0 aliphatic carbocycles. The molecule has 3 nitrogen and oxygen atoms in total. The molecule has 23 heavy (non-hydrogen) atoms. The van der Waals surface area contributed by atoms with Gasteiger partial charge in [-0.15, -0.1) is 11.3 Å². The first-order valence-electron chi connectivity index (χ1n) is 7.82. The van der Waals surface area contributed by atoms with Crippen LogP contribution in [0.1, 0.15) is 51.8 Å². The maximum absolute atomic E-state index is 11.8. The average Bonchev–Trinajstić information content (AvgIpc) is 2.79. The summed E-state index contributed by atoms with van der Waals surface area (Å²) in [5, 5.41) is 5.83. The normalized spacial score (nSPS) is 16.4. The van der Waals surface area contributed by atoms with Crippen molar-refractivity contribution < 1.29 is 8.63 Å². The van der Waals surface area contributed by atoms with Gasteiger partial charge in [0.05, 0.1) is 20.1 Å². The second kappa shape index (κ2) is 7.66. The fraction of sp³-hybridized carbons (Fsp3) is 0.750. The van der Waals surface area contributed by atoms with E-state index in [0.717, 1.165) is 4.34 Å². The van der Waals surface area contributed by atoms with Crippen LogP contribution in [0, 0.1) is 0 Å². The molecule has 1 aromatic rings. The van der Waals surface area contributed by atoms with Gasteiger partial charge in [0.2, 0.25) is 0 Å². The van der Waals surface area contributed by atoms with Crippen LogP contribution in [0.3, 0.4) is 0 Å². The molecule has 0 amide bonds. The summed E-state index contributed by atoms with van der Waals surface area (Å²) in [7, 11) is -3.21. The van der Waals surface area contributed by atoms with E-state index in [1.807, 2.05) is 26.0 Å². The summed E-state index contributed by atoms with van der Waals surface area (Å²) in [6, 6.07) is 3.95. The van der Waals surface area contributed by atoms with Gasteiger partial charge in [-0.1, -0.05) is 32.4 Å². The van der Waals surface area contributed by atoms with Crippen LogP contribution in [0.4, 0.5) is 0 Å². The average molecular weight is 396 g/mol. The zero-order valence-electron chi connectivity index (χ0n) is 15.2. The highest BCUT2D eigenvalue weighted by molar-refractivity contribution is 7.84. The van der Waals surface area contributed by atoms with Gasteiger partial charge in [-0.2, -0.15) is 0 Å². The fourth-order valence-corrected chi connectivity index (χ4v) is 4.55. The highest BCUT2D eigenvalue weighted by Gasteiger charge is 2.38. The minimum absolute atomic E-state index is 0.157. The number of hydrogen-bond acceptors (Lipinski definition) is 3. The van der Waals surface area contributed by atoms with Gasteiger partial charge < -0.3 is 4.43 Å². The SMILES string of the molecule is CC(C)(C[C@@H](CO[Si](C)(C)C(C)(C)C)c1ccc(Cl)s1)S(N)=O. The predicted octanol–water partition coefficient (Wildman–Crippen LogP) is 5.30. The Morgan fingerprint density at radius 1 is 1.30 bits per heavy atom. The summed E-state index contributed by atoms with van der Waals surface area (Å²) >= 11 is 7.67. The Balaban J connectivity index is 2.96. The molecular formula is C16H30ClNO2S2Si. The maximum Gasteiger partial charge on any atom is 0.192 e. The molecule has 1 unspecified atom stereocenters. The molecule has 0 saturated heterocycles. The van der Waals surface area contributed by atoms with E-state index in [1.54, 1.807) is 11.3 Å². The standard InChI is InChI=1S/C16H30ClNO2S2Si/c1-15(2,3)23(6,7)20-11-12(10-16(4,5)22(18)19)13-8-9-14(17)21-13/h8-9,12H,10-11,18H2,1-7H3/t12-,22?/m0/s1. The second-order valence-electron chi connectivity index (χ2n) is 8.17. The Bertz CT molecular complexity index is 553. The van der Waals surface area contributed by atoms with Crippen molar-refractivity contribution in [2.24, 2.45) is 5.14 Å². The monoisotopic (exact) mass is 395 g/mol. The summed E-state index contributed by atoms with van der Waals surface area (Å²) < 4.78 is 18.5. The van der Waals surface area contributed by atoms with Gasteiger partial charge in [0.25, 0.3) is 0 Å². The van der Waals surface area contributed by atoms with E-state index in [-0.39, 0.29) is 11.0 Å². The summed E-state index contributed by atoms with van der Waals surface area (Å²) in [4.78, 5) is 1.17. The minimum Gasteiger partial charge on any atom is -0.416 e. The molecule has 0 spiro atoms. The van der Waals surface area contributed by atoms with Crippen molar-refractivity contribution in [3.05, 3.63) is 21.3 Å². The van der Waals surface area contributed by atoms with Gasteiger partial charge >= 0.3 is 0 Å². The lowest BCUT2D eigenvalue weighted by molar-refractivity contribution is 0.252. The molecule has 0 bridgehead atoms. The number of halogens is 1. The first-order valence-corrected chi connectivity index (χ1v) is 13.1. The number of nitrogens with two attached hydrogens (primary N) is 1. The van der Waals surface area contributed by atoms with E-state index in [1.165, 1.54) is 4.88 Å². The molecule has 0 aromatic carbocycles. The molecule has 7 heteroatoms. The Kier molecular flexibility index (Phi) is 7.10. The van der Waals surface area contributed by atoms with E-state index < -0.39 is 24.1 Å². The second-order valence-corrected chi connectivity index (χ2v) is 16.4. The largest absolute Gasteiger partial charge is 0.416 e. The van der Waals surface area contributed by atoms with Gasteiger partial charge in [-0.25, -0.2) is 4.21 Å². The first-order chi connectivity index (χ1) is 10.3. The molecule has 0 aliphatic heterocycles. The van der Waals surface area contributed by atoms with Crippen LogP contribution in [-0.4, -0.2) is 23.9 Å². The van der Waals surface area contributed by atoms with Crippen molar-refractivity contribution in [3.8, 4) is 0 Å². The molecule has 2 atom stereocenters. The number of rotatable bonds is 7. The fourth-order valence-electron chi connectivity index (χ4n) is 1.99. The lowest BCUT2D eigenvalue weighted by Gasteiger charge is -2.38. The Hall–Kier alpha value is 0.277. The summed E-state index contributed by atoms with van der Waals surface area (Å²) in [6.07, 6.45) is 0.710. The van der Waals surface area contributed by atoms with Gasteiger partial charge in [0.1, 0.15) is 0 Å². The van der Waals surface area contributed by atoms with Crippen molar-refractivity contribution in [1.82, 2.24) is 0 Å². The zero-order chi connectivity index (χ0) is 18.1. The van der Waals surface area contributed by atoms with E-state index in [2.05, 4.69) is 33.9 Å². The van der Waals surface area contributed by atoms with E-state index in [4.69, 9.17) is 21.2 Å². The molecule has 0 saturated carbocycles. The summed E-state index contributed by atoms with van der Waals surface area (Å²) in [5.41, 5.74) is 0. The van der Waals surface area contributed by atoms with Crippen LogP contribution in [-0.2, 0) is 15.4 Å². The number of hydrogen-bond donors (Lipinski definition) is 1. The topological polar surface area (TPSA) is 52.3 Å². The molecule has 0 aliphatic rings. The van der Waals surface area contributed by atoms with Gasteiger partial charge in [0.15, 0.2) is 8.32 Å². The third kappa shape index (κ3) is 5.94. The first kappa shape index (κ1) is 21.3. The molecule has 1 aromatic heterocycles. The summed E-state index contributed by atoms with van der Waals surface area (Å²) in [6.45, 7) is 15.7. The van der Waals surface area contributed by atoms with Crippen molar-refractivity contribution >= 4 is 42.2 Å². The summed E-state index contributed by atoms with van der Waals surface area (Å²) in [5.74, 6) is 0.157. The van der Waals surface area contributed by atoms with Crippen molar-refractivity contribution in [1.29, 1.82) is 0 Å². The van der Waals surface area contributed by atoms with Gasteiger partial charge in [0, 0.05) is 17.4 Å². The molecule has 1 heterocycles. The van der Waals surface area contributed by atoms with Crippen LogP contribution in [0.15, 0.2) is 12.1 Å². The van der Waals surface area contributed by atoms with E-state index in [9.17, 15) is 4.21 Å². The predicted molar refractivity (Wildman–Crippen MR) is 106 cm³/mol. The van der Waals surface area contributed by atoms with Crippen LogP contribution < -0.4 is 5.14 Å². The maximum atomic E-state index is 11.8. The Labute approximate surface area is 153 Å². The highest BCUT2D eigenvalue weighted by atomic mass is 35.5. The van der Waals surface area contributed by atoms with Gasteiger partial charge in [-0.3, -0.25) is 5.14 Å². The molecule has 2 N–H and O–H groups in total. The lowest BCUT2D eigenvalue weighted by Crippen LogP contribution is -2.42. The van der Waals surface area contributed by atoms with Crippen LogP contribution >= 0.6 is 22.9 Å². The van der Waals surface area contributed by atoms with Crippen molar-refractivity contribution in [3.63, 3.8) is 0 Å². The third-order valence-electron chi connectivity index (χ3n) is 4.73. The lowest BCUT2D eigenvalue weighted by atomic mass is 9.96. The third-order valence-corrected chi connectivity index (χ3v) is 11.9. The van der Waals surface area contributed by atoms with E-state index in [0.29, 0.717) is 13.0 Å². The Morgan fingerprint density at radius 3 is 2.26 bits per heavy atom. The smallest absolute Gasteiger partial charge is 0.192 e. The molecule has 1 rings (SSSR count).